The van der Waals surface area contributed by atoms with E-state index in [1.807, 2.05) is 44.2 Å². The van der Waals surface area contributed by atoms with Crippen LogP contribution < -0.4 is 5.46 Å². The van der Waals surface area contributed by atoms with Crippen molar-refractivity contribution in [3.63, 3.8) is 0 Å². The molecule has 0 aliphatic heterocycles. The molecule has 1 aromatic heterocycles. The molecule has 3 nitrogen and oxygen atoms in total. The maximum absolute atomic E-state index is 10.5. The van der Waals surface area contributed by atoms with E-state index in [1.54, 1.807) is 21.3 Å². The Labute approximate surface area is 188 Å². The van der Waals surface area contributed by atoms with E-state index in [2.05, 4.69) is 48.5 Å². The summed E-state index contributed by atoms with van der Waals surface area (Å²) in [7, 11) is 1.75. The van der Waals surface area contributed by atoms with Crippen LogP contribution >= 0.6 is 0 Å². The van der Waals surface area contributed by atoms with Gasteiger partial charge in [-0.2, -0.15) is 0 Å². The zero-order chi connectivity index (χ0) is 22.5. The molecule has 0 unspecified atom stereocenters. The van der Waals surface area contributed by atoms with Gasteiger partial charge in [0.25, 0.3) is 0 Å². The molecule has 0 fully saturated rings. The smallest absolute Gasteiger partial charge is 0.331 e. The molecule has 0 saturated heterocycles. The molecule has 1 N–H and O–H groups in total. The summed E-state index contributed by atoms with van der Waals surface area (Å²) >= 11 is 0. The molecule has 0 saturated carbocycles. The van der Waals surface area contributed by atoms with Gasteiger partial charge in [0, 0.05) is 16.3 Å². The number of rotatable bonds is 5. The quantitative estimate of drug-likeness (QED) is 0.343. The lowest BCUT2D eigenvalue weighted by atomic mass is 9.79. The molecule has 0 aliphatic carbocycles. The normalized spacial score (nSPS) is 12.7. The second-order valence-electron chi connectivity index (χ2n) is 9.38. The summed E-state index contributed by atoms with van der Waals surface area (Å²) in [5, 5.41) is 14.9. The van der Waals surface area contributed by atoms with Gasteiger partial charge >= 0.3 is 7.48 Å². The summed E-state index contributed by atoms with van der Waals surface area (Å²) in [4.78, 5) is 0. The van der Waals surface area contributed by atoms with Crippen LogP contribution in [0.2, 0.25) is 0 Å². The van der Waals surface area contributed by atoms with Crippen LogP contribution in [0.3, 0.4) is 0 Å². The standard InChI is InChI=1S/C28H26BO3/c1-27(2,30)28(3,4)32-29-23-15-14-21(18-10-6-5-7-11-18)26-25(23)22-16-19-12-8-9-13-20(19)17-24(22)31-26/h5-17,30H,1-4H3. The van der Waals surface area contributed by atoms with Gasteiger partial charge in [-0.05, 0) is 61.6 Å². The topological polar surface area (TPSA) is 42.6 Å². The van der Waals surface area contributed by atoms with E-state index >= 15 is 0 Å². The first-order valence-electron chi connectivity index (χ1n) is 10.9. The van der Waals surface area contributed by atoms with E-state index in [9.17, 15) is 5.11 Å². The van der Waals surface area contributed by atoms with E-state index in [1.165, 1.54) is 0 Å². The molecule has 4 aromatic carbocycles. The summed E-state index contributed by atoms with van der Waals surface area (Å²) in [6.07, 6.45) is 0. The monoisotopic (exact) mass is 421 g/mol. The maximum atomic E-state index is 10.5. The Morgan fingerprint density at radius 1 is 0.812 bits per heavy atom. The molecule has 1 heterocycles. The lowest BCUT2D eigenvalue weighted by Gasteiger charge is -2.37. The van der Waals surface area contributed by atoms with Gasteiger partial charge in [-0.1, -0.05) is 66.7 Å². The minimum Gasteiger partial charge on any atom is -0.455 e. The van der Waals surface area contributed by atoms with Crippen LogP contribution in [0.1, 0.15) is 27.7 Å². The molecule has 1 radical (unpaired) electrons. The SMILES string of the molecule is CC(C)(O)C(C)(C)O[B]c1ccc(-c2ccccc2)c2oc3cc4ccccc4cc3c12. The van der Waals surface area contributed by atoms with Crippen molar-refractivity contribution in [2.75, 3.05) is 0 Å². The van der Waals surface area contributed by atoms with Crippen molar-refractivity contribution in [1.82, 2.24) is 0 Å². The van der Waals surface area contributed by atoms with Gasteiger partial charge in [-0.3, -0.25) is 0 Å². The fraction of sp³-hybridized carbons (Fsp3) is 0.214. The van der Waals surface area contributed by atoms with Crippen LogP contribution in [-0.4, -0.2) is 23.8 Å². The Balaban J connectivity index is 1.74. The van der Waals surface area contributed by atoms with E-state index in [0.717, 1.165) is 49.3 Å². The Morgan fingerprint density at radius 3 is 2.16 bits per heavy atom. The molecule has 159 valence electrons. The minimum absolute atomic E-state index is 0.760. The highest BCUT2D eigenvalue weighted by Gasteiger charge is 2.36. The highest BCUT2D eigenvalue weighted by atomic mass is 16.5. The molecule has 5 rings (SSSR count). The van der Waals surface area contributed by atoms with Crippen LogP contribution in [-0.2, 0) is 4.65 Å². The van der Waals surface area contributed by atoms with E-state index in [0.29, 0.717) is 0 Å². The lowest BCUT2D eigenvalue weighted by molar-refractivity contribution is -0.0893. The van der Waals surface area contributed by atoms with Crippen molar-refractivity contribution in [3.05, 3.63) is 78.9 Å². The zero-order valence-corrected chi connectivity index (χ0v) is 18.8. The molecule has 0 atom stereocenters. The molecular weight excluding hydrogens is 395 g/mol. The van der Waals surface area contributed by atoms with Crippen molar-refractivity contribution in [2.45, 2.75) is 38.9 Å². The molecule has 0 amide bonds. The van der Waals surface area contributed by atoms with E-state index in [4.69, 9.17) is 9.07 Å². The van der Waals surface area contributed by atoms with Crippen LogP contribution in [0.25, 0.3) is 43.8 Å². The second kappa shape index (κ2) is 7.51. The Kier molecular flexibility index (Phi) is 4.88. The van der Waals surface area contributed by atoms with Gasteiger partial charge in [-0.15, -0.1) is 0 Å². The molecule has 0 aliphatic rings. The summed E-state index contributed by atoms with van der Waals surface area (Å²) < 4.78 is 12.6. The van der Waals surface area contributed by atoms with Gasteiger partial charge in [-0.25, -0.2) is 0 Å². The van der Waals surface area contributed by atoms with Crippen molar-refractivity contribution >= 4 is 45.7 Å². The average molecular weight is 421 g/mol. The lowest BCUT2D eigenvalue weighted by Crippen LogP contribution is -2.49. The molecule has 5 aromatic rings. The largest absolute Gasteiger partial charge is 0.455 e. The van der Waals surface area contributed by atoms with Crippen molar-refractivity contribution < 1.29 is 14.2 Å². The van der Waals surface area contributed by atoms with Crippen molar-refractivity contribution in [1.29, 1.82) is 0 Å². The highest BCUT2D eigenvalue weighted by molar-refractivity contribution is 6.53. The molecule has 0 bridgehead atoms. The Bertz CT molecular complexity index is 1430. The first-order valence-corrected chi connectivity index (χ1v) is 10.9. The van der Waals surface area contributed by atoms with Gasteiger partial charge in [0.15, 0.2) is 0 Å². The van der Waals surface area contributed by atoms with E-state index < -0.39 is 11.2 Å². The first-order chi connectivity index (χ1) is 15.2. The summed E-state index contributed by atoms with van der Waals surface area (Å²) in [6, 6.07) is 27.0. The van der Waals surface area contributed by atoms with Crippen LogP contribution in [0.15, 0.2) is 83.3 Å². The Morgan fingerprint density at radius 2 is 1.47 bits per heavy atom. The van der Waals surface area contributed by atoms with Gasteiger partial charge in [0.05, 0.1) is 11.2 Å². The Hall–Kier alpha value is -3.08. The fourth-order valence-corrected chi connectivity index (χ4v) is 3.89. The molecule has 0 spiro atoms. The highest BCUT2D eigenvalue weighted by Crippen LogP contribution is 2.37. The number of benzene rings is 4. The van der Waals surface area contributed by atoms with Crippen molar-refractivity contribution in [2.24, 2.45) is 0 Å². The molecule has 32 heavy (non-hydrogen) atoms. The number of hydrogen-bond donors (Lipinski definition) is 1. The van der Waals surface area contributed by atoms with Crippen LogP contribution in [0.5, 0.6) is 0 Å². The second-order valence-corrected chi connectivity index (χ2v) is 9.38. The van der Waals surface area contributed by atoms with Crippen LogP contribution in [0, 0.1) is 0 Å². The number of fused-ring (bicyclic) bond motifs is 4. The number of furan rings is 1. The predicted octanol–water partition coefficient (Wildman–Crippen LogP) is 6.22. The van der Waals surface area contributed by atoms with Gasteiger partial charge < -0.3 is 14.2 Å². The number of aliphatic hydroxyl groups is 1. The molecular formula is C28H26BO3. The summed E-state index contributed by atoms with van der Waals surface area (Å²) in [5.74, 6) is 0. The van der Waals surface area contributed by atoms with Crippen molar-refractivity contribution in [3.8, 4) is 11.1 Å². The third-order valence-electron chi connectivity index (χ3n) is 6.56. The molecule has 4 heteroatoms. The average Bonchev–Trinajstić information content (AvgIpc) is 3.14. The number of hydrogen-bond acceptors (Lipinski definition) is 3. The predicted molar refractivity (Wildman–Crippen MR) is 134 cm³/mol. The summed E-state index contributed by atoms with van der Waals surface area (Å²) in [5.41, 5.74) is 2.99. The third-order valence-corrected chi connectivity index (χ3v) is 6.56. The fourth-order valence-electron chi connectivity index (χ4n) is 3.89. The zero-order valence-electron chi connectivity index (χ0n) is 18.8. The minimum atomic E-state index is -0.999. The van der Waals surface area contributed by atoms with Crippen LogP contribution in [0.4, 0.5) is 0 Å². The summed E-state index contributed by atoms with van der Waals surface area (Å²) in [6.45, 7) is 7.29. The first kappa shape index (κ1) is 20.8. The maximum Gasteiger partial charge on any atom is 0.331 e. The van der Waals surface area contributed by atoms with Gasteiger partial charge in [0.2, 0.25) is 0 Å². The third kappa shape index (κ3) is 3.50. The van der Waals surface area contributed by atoms with E-state index in [-0.39, 0.29) is 0 Å². The van der Waals surface area contributed by atoms with Gasteiger partial charge in [0.1, 0.15) is 11.2 Å².